The average Bonchev–Trinajstić information content (AvgIpc) is 3.05. The zero-order valence-electron chi connectivity index (χ0n) is 10.3. The van der Waals surface area contributed by atoms with Crippen LogP contribution in [0.5, 0.6) is 0 Å². The number of rotatable bonds is 3. The maximum absolute atomic E-state index is 8.92. The van der Waals surface area contributed by atoms with Gasteiger partial charge in [0.2, 0.25) is 0 Å². The molecule has 0 bridgehead atoms. The molecule has 18 heavy (non-hydrogen) atoms. The summed E-state index contributed by atoms with van der Waals surface area (Å²) in [7, 11) is 0. The molecule has 0 spiro atoms. The maximum atomic E-state index is 8.92. The number of aromatic nitrogens is 2. The van der Waals surface area contributed by atoms with Gasteiger partial charge in [-0.15, -0.1) is 0 Å². The third-order valence-corrected chi connectivity index (χ3v) is 3.64. The van der Waals surface area contributed by atoms with Crippen molar-refractivity contribution in [3.8, 4) is 6.07 Å². The number of H-pyrrole nitrogens is 1. The predicted octanol–water partition coefficient (Wildman–Crippen LogP) is 2.07. The lowest BCUT2D eigenvalue weighted by molar-refractivity contribution is 0.344. The van der Waals surface area contributed by atoms with E-state index >= 15 is 0 Å². The minimum Gasteiger partial charge on any atom is -0.346 e. The highest BCUT2D eigenvalue weighted by Crippen LogP contribution is 2.19. The summed E-state index contributed by atoms with van der Waals surface area (Å²) in [6.07, 6.45) is 7.32. The molecular formula is C14H16N4. The van der Waals surface area contributed by atoms with Gasteiger partial charge in [-0.2, -0.15) is 5.26 Å². The quantitative estimate of drug-likeness (QED) is 0.893. The molecule has 0 saturated carbocycles. The Labute approximate surface area is 106 Å². The van der Waals surface area contributed by atoms with Gasteiger partial charge in [0.1, 0.15) is 11.7 Å². The van der Waals surface area contributed by atoms with Gasteiger partial charge in [-0.3, -0.25) is 0 Å². The van der Waals surface area contributed by atoms with Gasteiger partial charge in [0.25, 0.3) is 0 Å². The SMILES string of the molecule is N#Cc1cnc2[nH]cc(CCN3CCCC3)c2c1. The van der Waals surface area contributed by atoms with E-state index in [1.807, 2.05) is 12.3 Å². The summed E-state index contributed by atoms with van der Waals surface area (Å²) in [5.41, 5.74) is 2.77. The fraction of sp³-hybridized carbons (Fsp3) is 0.429. The molecule has 2 aromatic heterocycles. The predicted molar refractivity (Wildman–Crippen MR) is 70.2 cm³/mol. The van der Waals surface area contributed by atoms with Crippen LogP contribution in [0.15, 0.2) is 18.5 Å². The molecule has 3 rings (SSSR count). The largest absolute Gasteiger partial charge is 0.346 e. The Morgan fingerprint density at radius 1 is 1.39 bits per heavy atom. The van der Waals surface area contributed by atoms with Gasteiger partial charge in [-0.25, -0.2) is 4.98 Å². The summed E-state index contributed by atoms with van der Waals surface area (Å²) in [5.74, 6) is 0. The van der Waals surface area contributed by atoms with Crippen molar-refractivity contribution >= 4 is 11.0 Å². The van der Waals surface area contributed by atoms with Gasteiger partial charge in [-0.05, 0) is 44.0 Å². The van der Waals surface area contributed by atoms with Gasteiger partial charge in [0, 0.05) is 24.3 Å². The van der Waals surface area contributed by atoms with E-state index < -0.39 is 0 Å². The van der Waals surface area contributed by atoms with Gasteiger partial charge in [-0.1, -0.05) is 0 Å². The topological polar surface area (TPSA) is 55.7 Å². The summed E-state index contributed by atoms with van der Waals surface area (Å²) in [5, 5.41) is 10.0. The Balaban J connectivity index is 1.80. The standard InChI is InChI=1S/C14H16N4/c15-8-11-7-13-12(10-17-14(13)16-9-11)3-6-18-4-1-2-5-18/h7,9-10H,1-6H2,(H,16,17). The van der Waals surface area contributed by atoms with Gasteiger partial charge >= 0.3 is 0 Å². The van der Waals surface area contributed by atoms with Crippen LogP contribution >= 0.6 is 0 Å². The summed E-state index contributed by atoms with van der Waals surface area (Å²) < 4.78 is 0. The first kappa shape index (κ1) is 11.2. The molecule has 0 radical (unpaired) electrons. The normalized spacial score (nSPS) is 16.2. The van der Waals surface area contributed by atoms with E-state index in [0.717, 1.165) is 24.0 Å². The molecule has 0 atom stereocenters. The van der Waals surface area contributed by atoms with E-state index in [-0.39, 0.29) is 0 Å². The third kappa shape index (κ3) is 2.09. The fourth-order valence-corrected chi connectivity index (χ4v) is 2.61. The van der Waals surface area contributed by atoms with Crippen LogP contribution in [0.25, 0.3) is 11.0 Å². The molecule has 4 heteroatoms. The first-order valence-electron chi connectivity index (χ1n) is 6.45. The van der Waals surface area contributed by atoms with Crippen molar-refractivity contribution in [3.05, 3.63) is 29.6 Å². The maximum Gasteiger partial charge on any atom is 0.137 e. The van der Waals surface area contributed by atoms with E-state index in [0.29, 0.717) is 5.56 Å². The van der Waals surface area contributed by atoms with Gasteiger partial charge < -0.3 is 9.88 Å². The number of fused-ring (bicyclic) bond motifs is 1. The summed E-state index contributed by atoms with van der Waals surface area (Å²) in [6.45, 7) is 3.55. The van der Waals surface area contributed by atoms with E-state index in [4.69, 9.17) is 5.26 Å². The van der Waals surface area contributed by atoms with Crippen molar-refractivity contribution in [2.75, 3.05) is 19.6 Å². The number of nitriles is 1. The lowest BCUT2D eigenvalue weighted by atomic mass is 10.1. The second-order valence-electron chi connectivity index (χ2n) is 4.84. The molecule has 3 heterocycles. The highest BCUT2D eigenvalue weighted by molar-refractivity contribution is 5.80. The average molecular weight is 240 g/mol. The van der Waals surface area contributed by atoms with Crippen molar-refractivity contribution in [1.29, 1.82) is 5.26 Å². The van der Waals surface area contributed by atoms with Crippen molar-refractivity contribution < 1.29 is 0 Å². The lowest BCUT2D eigenvalue weighted by Crippen LogP contribution is -2.21. The molecule has 2 aromatic rings. The summed E-state index contributed by atoms with van der Waals surface area (Å²) in [6, 6.07) is 4.08. The monoisotopic (exact) mass is 240 g/mol. The minimum absolute atomic E-state index is 0.629. The molecule has 1 fully saturated rings. The Morgan fingerprint density at radius 3 is 3.00 bits per heavy atom. The molecule has 0 amide bonds. The van der Waals surface area contributed by atoms with E-state index in [1.165, 1.54) is 31.5 Å². The zero-order chi connectivity index (χ0) is 12.4. The minimum atomic E-state index is 0.629. The Hall–Kier alpha value is -1.86. The number of nitrogens with one attached hydrogen (secondary N) is 1. The molecule has 0 aliphatic carbocycles. The highest BCUT2D eigenvalue weighted by atomic mass is 15.1. The number of aromatic amines is 1. The Morgan fingerprint density at radius 2 is 2.22 bits per heavy atom. The molecular weight excluding hydrogens is 224 g/mol. The van der Waals surface area contributed by atoms with Crippen molar-refractivity contribution in [2.24, 2.45) is 0 Å². The summed E-state index contributed by atoms with van der Waals surface area (Å²) in [4.78, 5) is 9.94. The number of hydrogen-bond donors (Lipinski definition) is 1. The van der Waals surface area contributed by atoms with E-state index in [2.05, 4.69) is 20.9 Å². The van der Waals surface area contributed by atoms with Crippen LogP contribution in [-0.2, 0) is 6.42 Å². The molecule has 1 saturated heterocycles. The second-order valence-corrected chi connectivity index (χ2v) is 4.84. The second kappa shape index (κ2) is 4.79. The van der Waals surface area contributed by atoms with Crippen LogP contribution in [0, 0.1) is 11.3 Å². The molecule has 4 nitrogen and oxygen atoms in total. The smallest absolute Gasteiger partial charge is 0.137 e. The van der Waals surface area contributed by atoms with Gasteiger partial charge in [0.15, 0.2) is 0 Å². The number of likely N-dealkylation sites (tertiary alicyclic amines) is 1. The first-order valence-corrected chi connectivity index (χ1v) is 6.45. The van der Waals surface area contributed by atoms with Gasteiger partial charge in [0.05, 0.1) is 5.56 Å². The van der Waals surface area contributed by atoms with Crippen molar-refractivity contribution in [1.82, 2.24) is 14.9 Å². The van der Waals surface area contributed by atoms with Crippen LogP contribution in [-0.4, -0.2) is 34.5 Å². The van der Waals surface area contributed by atoms with Crippen LogP contribution in [0.3, 0.4) is 0 Å². The fourth-order valence-electron chi connectivity index (χ4n) is 2.61. The third-order valence-electron chi connectivity index (χ3n) is 3.64. The van der Waals surface area contributed by atoms with Crippen molar-refractivity contribution in [2.45, 2.75) is 19.3 Å². The molecule has 0 aromatic carbocycles. The highest BCUT2D eigenvalue weighted by Gasteiger charge is 2.12. The first-order chi connectivity index (χ1) is 8.86. The van der Waals surface area contributed by atoms with Crippen LogP contribution in [0.4, 0.5) is 0 Å². The Kier molecular flexibility index (Phi) is 2.99. The van der Waals surface area contributed by atoms with E-state index in [9.17, 15) is 0 Å². The molecule has 1 aliphatic rings. The summed E-state index contributed by atoms with van der Waals surface area (Å²) >= 11 is 0. The number of nitrogens with zero attached hydrogens (tertiary/aromatic N) is 3. The Bertz CT molecular complexity index is 587. The molecule has 1 aliphatic heterocycles. The molecule has 1 N–H and O–H groups in total. The lowest BCUT2D eigenvalue weighted by Gasteiger charge is -2.13. The number of pyridine rings is 1. The van der Waals surface area contributed by atoms with Crippen LogP contribution in [0.2, 0.25) is 0 Å². The zero-order valence-corrected chi connectivity index (χ0v) is 10.3. The van der Waals surface area contributed by atoms with Crippen LogP contribution in [0.1, 0.15) is 24.0 Å². The van der Waals surface area contributed by atoms with Crippen LogP contribution < -0.4 is 0 Å². The van der Waals surface area contributed by atoms with Crippen molar-refractivity contribution in [3.63, 3.8) is 0 Å². The molecule has 0 unspecified atom stereocenters. The van der Waals surface area contributed by atoms with E-state index in [1.54, 1.807) is 6.20 Å². The molecule has 92 valence electrons. The number of hydrogen-bond acceptors (Lipinski definition) is 3.